The first-order chi connectivity index (χ1) is 8.72. The fourth-order valence-electron chi connectivity index (χ4n) is 1.98. The molecule has 5 heteroatoms. The highest BCUT2D eigenvalue weighted by molar-refractivity contribution is 9.10. The molecule has 98 valence electrons. The molecule has 0 aliphatic carbocycles. The Morgan fingerprint density at radius 2 is 2.22 bits per heavy atom. The molecule has 0 saturated carbocycles. The van der Waals surface area contributed by atoms with E-state index in [4.69, 9.17) is 4.74 Å². The van der Waals surface area contributed by atoms with E-state index < -0.39 is 0 Å². The van der Waals surface area contributed by atoms with Crippen molar-refractivity contribution in [2.24, 2.45) is 0 Å². The maximum atomic E-state index is 11.9. The highest BCUT2D eigenvalue weighted by Crippen LogP contribution is 2.31. The SMILES string of the molecule is CCCCCCN1C(=O)COc2ccc(Br)nc21. The van der Waals surface area contributed by atoms with E-state index in [1.807, 2.05) is 12.1 Å². The van der Waals surface area contributed by atoms with Crippen molar-refractivity contribution in [1.29, 1.82) is 0 Å². The monoisotopic (exact) mass is 312 g/mol. The fourth-order valence-corrected chi connectivity index (χ4v) is 2.28. The van der Waals surface area contributed by atoms with Crippen molar-refractivity contribution in [3.05, 3.63) is 16.7 Å². The van der Waals surface area contributed by atoms with Crippen molar-refractivity contribution in [3.8, 4) is 5.75 Å². The van der Waals surface area contributed by atoms with Crippen LogP contribution in [0.2, 0.25) is 0 Å². The number of nitrogens with zero attached hydrogens (tertiary/aromatic N) is 2. The summed E-state index contributed by atoms with van der Waals surface area (Å²) in [5.41, 5.74) is 0. The average Bonchev–Trinajstić information content (AvgIpc) is 2.36. The van der Waals surface area contributed by atoms with Gasteiger partial charge in [0.2, 0.25) is 0 Å². The predicted molar refractivity (Wildman–Crippen MR) is 73.9 cm³/mol. The molecule has 0 atom stereocenters. The summed E-state index contributed by atoms with van der Waals surface area (Å²) in [6, 6.07) is 3.67. The Labute approximate surface area is 115 Å². The molecule has 1 aliphatic rings. The zero-order valence-electron chi connectivity index (χ0n) is 10.5. The third kappa shape index (κ3) is 3.02. The number of hydrogen-bond donors (Lipinski definition) is 0. The maximum absolute atomic E-state index is 11.9. The Balaban J connectivity index is 2.09. The molecule has 0 N–H and O–H groups in total. The largest absolute Gasteiger partial charge is 0.480 e. The lowest BCUT2D eigenvalue weighted by molar-refractivity contribution is -0.121. The number of carbonyl (C=O) groups excluding carboxylic acids is 1. The van der Waals surface area contributed by atoms with Gasteiger partial charge >= 0.3 is 0 Å². The van der Waals surface area contributed by atoms with Gasteiger partial charge in [0.05, 0.1) is 0 Å². The van der Waals surface area contributed by atoms with Gasteiger partial charge in [-0.3, -0.25) is 9.69 Å². The van der Waals surface area contributed by atoms with E-state index in [0.29, 0.717) is 11.6 Å². The number of carbonyl (C=O) groups is 1. The molecule has 1 aromatic heterocycles. The third-order valence-electron chi connectivity index (χ3n) is 2.95. The molecule has 1 aromatic rings. The first-order valence-corrected chi connectivity index (χ1v) is 7.11. The lowest BCUT2D eigenvalue weighted by Crippen LogP contribution is -2.40. The minimum Gasteiger partial charge on any atom is -0.480 e. The molecular weight excluding hydrogens is 296 g/mol. The van der Waals surface area contributed by atoms with Crippen molar-refractivity contribution >= 4 is 27.7 Å². The second-order valence-electron chi connectivity index (χ2n) is 4.35. The zero-order valence-corrected chi connectivity index (χ0v) is 12.1. The van der Waals surface area contributed by atoms with Crippen molar-refractivity contribution in [2.75, 3.05) is 18.1 Å². The lowest BCUT2D eigenvalue weighted by atomic mass is 10.2. The number of fused-ring (bicyclic) bond motifs is 1. The molecule has 0 radical (unpaired) electrons. The van der Waals surface area contributed by atoms with Crippen LogP contribution in [-0.4, -0.2) is 24.0 Å². The predicted octanol–water partition coefficient (Wildman–Crippen LogP) is 3.15. The van der Waals surface area contributed by atoms with Crippen LogP contribution in [0.4, 0.5) is 5.82 Å². The summed E-state index contributed by atoms with van der Waals surface area (Å²) in [6.45, 7) is 3.01. The third-order valence-corrected chi connectivity index (χ3v) is 3.39. The van der Waals surface area contributed by atoms with E-state index in [1.165, 1.54) is 12.8 Å². The van der Waals surface area contributed by atoms with Crippen LogP contribution in [0.25, 0.3) is 0 Å². The number of anilines is 1. The normalized spacial score (nSPS) is 14.3. The van der Waals surface area contributed by atoms with Crippen LogP contribution < -0.4 is 9.64 Å². The molecule has 0 spiro atoms. The van der Waals surface area contributed by atoms with Crippen LogP contribution in [-0.2, 0) is 4.79 Å². The molecule has 18 heavy (non-hydrogen) atoms. The second kappa shape index (κ2) is 6.18. The van der Waals surface area contributed by atoms with Gasteiger partial charge in [0.1, 0.15) is 4.60 Å². The minimum absolute atomic E-state index is 0.00963. The highest BCUT2D eigenvalue weighted by Gasteiger charge is 2.26. The number of ether oxygens (including phenoxy) is 1. The minimum atomic E-state index is -0.00963. The average molecular weight is 313 g/mol. The molecule has 1 aliphatic heterocycles. The highest BCUT2D eigenvalue weighted by atomic mass is 79.9. The van der Waals surface area contributed by atoms with Crippen LogP contribution in [0.3, 0.4) is 0 Å². The molecule has 0 bridgehead atoms. The molecule has 2 heterocycles. The van der Waals surface area contributed by atoms with E-state index >= 15 is 0 Å². The number of unbranched alkanes of at least 4 members (excludes halogenated alkanes) is 3. The molecule has 0 fully saturated rings. The summed E-state index contributed by atoms with van der Waals surface area (Å²) >= 11 is 3.33. The van der Waals surface area contributed by atoms with Gasteiger partial charge in [0.15, 0.2) is 18.2 Å². The number of halogens is 1. The summed E-state index contributed by atoms with van der Waals surface area (Å²) in [5, 5.41) is 0. The number of amides is 1. The molecule has 2 rings (SSSR count). The zero-order chi connectivity index (χ0) is 13.0. The Morgan fingerprint density at radius 1 is 1.39 bits per heavy atom. The smallest absolute Gasteiger partial charge is 0.266 e. The molecular formula is C13H17BrN2O2. The summed E-state index contributed by atoms with van der Waals surface area (Å²) in [5.74, 6) is 1.31. The Bertz CT molecular complexity index is 437. The van der Waals surface area contributed by atoms with Crippen molar-refractivity contribution in [3.63, 3.8) is 0 Å². The van der Waals surface area contributed by atoms with Gasteiger partial charge in [-0.2, -0.15) is 0 Å². The lowest BCUT2D eigenvalue weighted by Gasteiger charge is -2.28. The number of aromatic nitrogens is 1. The van der Waals surface area contributed by atoms with E-state index in [9.17, 15) is 4.79 Å². The summed E-state index contributed by atoms with van der Waals surface area (Å²) in [7, 11) is 0. The number of hydrogen-bond acceptors (Lipinski definition) is 3. The first kappa shape index (κ1) is 13.3. The Hall–Kier alpha value is -1.10. The Kier molecular flexibility index (Phi) is 4.58. The van der Waals surface area contributed by atoms with Gasteiger partial charge in [0.25, 0.3) is 5.91 Å². The van der Waals surface area contributed by atoms with E-state index in [2.05, 4.69) is 27.8 Å². The van der Waals surface area contributed by atoms with Crippen LogP contribution in [0.1, 0.15) is 32.6 Å². The fraction of sp³-hybridized carbons (Fsp3) is 0.538. The topological polar surface area (TPSA) is 42.4 Å². The van der Waals surface area contributed by atoms with E-state index in [1.54, 1.807) is 4.90 Å². The van der Waals surface area contributed by atoms with Crippen molar-refractivity contribution in [1.82, 2.24) is 4.98 Å². The maximum Gasteiger partial charge on any atom is 0.266 e. The van der Waals surface area contributed by atoms with E-state index in [-0.39, 0.29) is 12.5 Å². The molecule has 0 saturated heterocycles. The number of pyridine rings is 1. The van der Waals surface area contributed by atoms with Gasteiger partial charge in [-0.25, -0.2) is 4.98 Å². The molecule has 4 nitrogen and oxygen atoms in total. The van der Waals surface area contributed by atoms with Crippen LogP contribution in [0, 0.1) is 0 Å². The van der Waals surface area contributed by atoms with Crippen molar-refractivity contribution < 1.29 is 9.53 Å². The first-order valence-electron chi connectivity index (χ1n) is 6.32. The second-order valence-corrected chi connectivity index (χ2v) is 5.16. The summed E-state index contributed by atoms with van der Waals surface area (Å²) in [6.07, 6.45) is 4.55. The van der Waals surface area contributed by atoms with Crippen molar-refractivity contribution in [2.45, 2.75) is 32.6 Å². The molecule has 0 aromatic carbocycles. The molecule has 0 unspecified atom stereocenters. The van der Waals surface area contributed by atoms with Crippen LogP contribution >= 0.6 is 15.9 Å². The standard InChI is InChI=1S/C13H17BrN2O2/c1-2-3-4-5-8-16-12(17)9-18-10-6-7-11(14)15-13(10)16/h6-7H,2-5,8-9H2,1H3. The van der Waals surface area contributed by atoms with Crippen LogP contribution in [0.5, 0.6) is 5.75 Å². The van der Waals surface area contributed by atoms with Gasteiger partial charge < -0.3 is 4.74 Å². The van der Waals surface area contributed by atoms with Gasteiger partial charge in [-0.05, 0) is 34.5 Å². The molecule has 1 amide bonds. The summed E-state index contributed by atoms with van der Waals surface area (Å²) in [4.78, 5) is 18.0. The van der Waals surface area contributed by atoms with E-state index in [0.717, 1.165) is 24.0 Å². The van der Waals surface area contributed by atoms with Gasteiger partial charge in [-0.1, -0.05) is 26.2 Å². The summed E-state index contributed by atoms with van der Waals surface area (Å²) < 4.78 is 6.09. The Morgan fingerprint density at radius 3 is 3.00 bits per heavy atom. The van der Waals surface area contributed by atoms with Crippen LogP contribution in [0.15, 0.2) is 16.7 Å². The number of rotatable bonds is 5. The van der Waals surface area contributed by atoms with Gasteiger partial charge in [-0.15, -0.1) is 0 Å². The quantitative estimate of drug-likeness (QED) is 0.619. The van der Waals surface area contributed by atoms with Gasteiger partial charge in [0, 0.05) is 6.54 Å².